The van der Waals surface area contributed by atoms with Gasteiger partial charge in [-0.25, -0.2) is 9.97 Å². The smallest absolute Gasteiger partial charge is 0.227 e. The van der Waals surface area contributed by atoms with E-state index in [0.29, 0.717) is 44.0 Å². The van der Waals surface area contributed by atoms with Crippen LogP contribution in [-0.2, 0) is 0 Å². The van der Waals surface area contributed by atoms with Crippen molar-refractivity contribution in [2.45, 2.75) is 0 Å². The highest BCUT2D eigenvalue weighted by Gasteiger charge is 2.23. The maximum absolute atomic E-state index is 6.38. The fourth-order valence-corrected chi connectivity index (χ4v) is 11.8. The lowest BCUT2D eigenvalue weighted by atomic mass is 9.86. The predicted octanol–water partition coefficient (Wildman–Crippen LogP) is 22.2. The molecule has 0 unspecified atom stereocenters. The zero-order valence-electron chi connectivity index (χ0n) is 39.8. The zero-order valence-corrected chi connectivity index (χ0v) is 44.3. The van der Waals surface area contributed by atoms with Crippen LogP contribution in [-0.4, -0.2) is 9.97 Å². The van der Waals surface area contributed by atoms with Gasteiger partial charge in [0.15, 0.2) is 11.2 Å². The Morgan fingerprint density at radius 1 is 0.237 bits per heavy atom. The van der Waals surface area contributed by atoms with Crippen molar-refractivity contribution in [3.63, 3.8) is 0 Å². The Kier molecular flexibility index (Phi) is 12.5. The van der Waals surface area contributed by atoms with E-state index < -0.39 is 0 Å². The topological polar surface area (TPSA) is 52.1 Å². The maximum Gasteiger partial charge on any atom is 0.227 e. The number of nitrogens with zero attached hydrogens (tertiary/aromatic N) is 2. The minimum Gasteiger partial charge on any atom is -0.434 e. The number of hydrogen-bond donors (Lipinski definition) is 0. The van der Waals surface area contributed by atoms with E-state index in [2.05, 4.69) is 186 Å². The number of fused-ring (bicyclic) bond motifs is 6. The highest BCUT2D eigenvalue weighted by Crippen LogP contribution is 2.48. The van der Waals surface area contributed by atoms with Gasteiger partial charge in [-0.2, -0.15) is 0 Å². The molecule has 0 atom stereocenters. The normalized spacial score (nSPS) is 11.6. The molecule has 0 saturated carbocycles. The summed E-state index contributed by atoms with van der Waals surface area (Å²) >= 11 is 37.8. The van der Waals surface area contributed by atoms with Gasteiger partial charge in [-0.1, -0.05) is 252 Å². The third-order valence-electron chi connectivity index (χ3n) is 13.9. The molecule has 0 spiro atoms. The van der Waals surface area contributed by atoms with Crippen molar-refractivity contribution in [2.75, 3.05) is 0 Å². The van der Waals surface area contributed by atoms with Gasteiger partial charge >= 0.3 is 0 Å². The van der Waals surface area contributed by atoms with Gasteiger partial charge in [0.25, 0.3) is 0 Å². The Balaban J connectivity index is 0.000000146. The number of oxazole rings is 2. The second-order valence-corrected chi connectivity index (χ2v) is 20.6. The summed E-state index contributed by atoms with van der Waals surface area (Å²) in [5.74, 6) is 0.874. The van der Waals surface area contributed by atoms with Crippen molar-refractivity contribution >= 4 is 135 Å². The van der Waals surface area contributed by atoms with E-state index >= 15 is 0 Å². The van der Waals surface area contributed by atoms with Crippen molar-refractivity contribution in [3.8, 4) is 67.4 Å². The van der Waals surface area contributed by atoms with E-state index in [4.69, 9.17) is 78.4 Å². The van der Waals surface area contributed by atoms with Crippen molar-refractivity contribution < 1.29 is 8.83 Å². The Labute approximate surface area is 466 Å². The Morgan fingerprint density at radius 2 is 0.526 bits per heavy atom. The summed E-state index contributed by atoms with van der Waals surface area (Å²) in [5.41, 5.74) is 12.9. The second kappa shape index (κ2) is 19.8. The van der Waals surface area contributed by atoms with E-state index in [-0.39, 0.29) is 20.1 Å². The van der Waals surface area contributed by atoms with Crippen LogP contribution in [0.3, 0.4) is 0 Å². The number of aromatic nitrogens is 2. The Bertz CT molecular complexity index is 4380. The summed E-state index contributed by atoms with van der Waals surface area (Å²) in [6.07, 6.45) is 0. The SMILES string of the molecule is Clc1c(Cl)c(Cl)c2oc(-c3ccc(-c4c5ccccc5c(-c5ccccc5)c5ccccc45)cc3)nc2c1Cl.Clc1ccc(Cl)c2oc(-c3ccc(-c4c5ccccc5c(-c5ccccc5)c5ccccc45)cc3)nc12. The van der Waals surface area contributed by atoms with Gasteiger partial charge in [-0.05, 0) is 124 Å². The lowest BCUT2D eigenvalue weighted by Crippen LogP contribution is -1.90. The summed E-state index contributed by atoms with van der Waals surface area (Å²) in [6.45, 7) is 0. The summed E-state index contributed by atoms with van der Waals surface area (Å²) in [6, 6.07) is 75.5. The van der Waals surface area contributed by atoms with Gasteiger partial charge in [-0.15, -0.1) is 0 Å². The van der Waals surface area contributed by atoms with Gasteiger partial charge in [-0.3, -0.25) is 0 Å². The first-order valence-electron chi connectivity index (χ1n) is 24.3. The monoisotopic (exact) mass is 1100 g/mol. The average molecular weight is 1100 g/mol. The van der Waals surface area contributed by atoms with Crippen LogP contribution in [0.4, 0.5) is 0 Å². The van der Waals surface area contributed by atoms with Crippen LogP contribution in [0.1, 0.15) is 0 Å². The van der Waals surface area contributed by atoms with Crippen LogP contribution in [0.25, 0.3) is 133 Å². The molecule has 14 rings (SSSR count). The summed E-state index contributed by atoms with van der Waals surface area (Å²) in [4.78, 5) is 9.17. The first-order valence-corrected chi connectivity index (χ1v) is 26.5. The molecule has 0 radical (unpaired) electrons. The van der Waals surface area contributed by atoms with E-state index in [9.17, 15) is 0 Å². The second-order valence-electron chi connectivity index (χ2n) is 18.2. The third kappa shape index (κ3) is 8.25. The van der Waals surface area contributed by atoms with Gasteiger partial charge in [0.05, 0.1) is 25.1 Å². The van der Waals surface area contributed by atoms with E-state index in [1.165, 1.54) is 76.5 Å². The molecule has 76 heavy (non-hydrogen) atoms. The highest BCUT2D eigenvalue weighted by atomic mass is 35.5. The summed E-state index contributed by atoms with van der Waals surface area (Å²) < 4.78 is 12.0. The minimum absolute atomic E-state index is 0.145. The van der Waals surface area contributed by atoms with Gasteiger partial charge < -0.3 is 8.83 Å². The van der Waals surface area contributed by atoms with Crippen molar-refractivity contribution in [2.24, 2.45) is 0 Å². The fourth-order valence-electron chi connectivity index (χ4n) is 10.5. The first-order chi connectivity index (χ1) is 37.2. The molecule has 0 fully saturated rings. The van der Waals surface area contributed by atoms with Gasteiger partial charge in [0, 0.05) is 11.1 Å². The van der Waals surface area contributed by atoms with Crippen molar-refractivity contribution in [1.82, 2.24) is 9.97 Å². The van der Waals surface area contributed by atoms with Crippen molar-refractivity contribution in [3.05, 3.63) is 249 Å². The predicted molar refractivity (Wildman–Crippen MR) is 321 cm³/mol. The maximum atomic E-state index is 6.38. The lowest BCUT2D eigenvalue weighted by Gasteiger charge is -2.17. The largest absolute Gasteiger partial charge is 0.434 e. The molecule has 0 aliphatic carbocycles. The van der Waals surface area contributed by atoms with E-state index in [1.54, 1.807) is 12.1 Å². The molecular formula is C66H36Cl6N2O2. The molecule has 364 valence electrons. The average Bonchev–Trinajstić information content (AvgIpc) is 4.16. The zero-order chi connectivity index (χ0) is 51.6. The Morgan fingerprint density at radius 3 is 0.895 bits per heavy atom. The molecule has 0 aliphatic heterocycles. The van der Waals surface area contributed by atoms with Crippen LogP contribution in [0.5, 0.6) is 0 Å². The Hall–Kier alpha value is -7.64. The molecule has 10 heteroatoms. The summed E-state index contributed by atoms with van der Waals surface area (Å²) in [5, 5.41) is 11.4. The van der Waals surface area contributed by atoms with Gasteiger partial charge in [0.1, 0.15) is 16.1 Å². The molecule has 4 nitrogen and oxygen atoms in total. The van der Waals surface area contributed by atoms with Gasteiger partial charge in [0.2, 0.25) is 11.8 Å². The van der Waals surface area contributed by atoms with Crippen LogP contribution >= 0.6 is 69.6 Å². The number of hydrogen-bond acceptors (Lipinski definition) is 4. The molecule has 2 aromatic heterocycles. The van der Waals surface area contributed by atoms with E-state index in [1.807, 2.05) is 30.3 Å². The quantitative estimate of drug-likeness (QED) is 0.0946. The van der Waals surface area contributed by atoms with Crippen molar-refractivity contribution in [1.29, 1.82) is 0 Å². The molecular weight excluding hydrogens is 1070 g/mol. The molecule has 0 amide bonds. The first kappa shape index (κ1) is 48.0. The molecule has 0 aliphatic rings. The van der Waals surface area contributed by atoms with Crippen LogP contribution in [0.2, 0.25) is 30.1 Å². The molecule has 0 saturated heterocycles. The third-order valence-corrected chi connectivity index (χ3v) is 16.3. The van der Waals surface area contributed by atoms with Crippen LogP contribution in [0, 0.1) is 0 Å². The number of rotatable bonds is 6. The molecule has 0 N–H and O–H groups in total. The van der Waals surface area contributed by atoms with Crippen LogP contribution in [0.15, 0.2) is 227 Å². The fraction of sp³-hybridized carbons (Fsp3) is 0. The number of benzene rings is 12. The highest BCUT2D eigenvalue weighted by molar-refractivity contribution is 6.55. The minimum atomic E-state index is 0.145. The standard InChI is InChI=1S/C33H17Cl4NO.C33H19Cl2NO/c34-27-28(35)30(37)32-31(29(27)36)38-33(39-32)20-16-14-19(15-17-20)26-23-12-6-4-10-21(23)25(18-8-2-1-3-9-18)22-11-5-7-13-24(22)26;34-27-18-19-28(35)32-31(27)36-33(37-32)22-16-14-21(15-17-22)30-25-12-6-4-10-23(25)29(20-8-2-1-3-9-20)24-11-5-7-13-26(24)30/h1-17H;1-19H. The molecule has 12 aromatic carbocycles. The van der Waals surface area contributed by atoms with E-state index in [0.717, 1.165) is 22.3 Å². The van der Waals surface area contributed by atoms with Crippen LogP contribution < -0.4 is 0 Å². The molecule has 2 heterocycles. The number of halogens is 6. The molecule has 14 aromatic rings. The summed E-state index contributed by atoms with van der Waals surface area (Å²) in [7, 11) is 0. The molecule has 0 bridgehead atoms. The lowest BCUT2D eigenvalue weighted by molar-refractivity contribution is 0.619.